The Balaban J connectivity index is 0.00000420. The molecule has 29 heavy (non-hydrogen) atoms. The van der Waals surface area contributed by atoms with Gasteiger partial charge in [-0.05, 0) is 48.7 Å². The molecule has 0 spiro atoms. The second kappa shape index (κ2) is 11.1. The van der Waals surface area contributed by atoms with Gasteiger partial charge in [0.05, 0.1) is 11.5 Å². The number of nitrogens with zero attached hydrogens (tertiary/aromatic N) is 2. The number of nitrogens with one attached hydrogen (secondary N) is 1. The summed E-state index contributed by atoms with van der Waals surface area (Å²) in [4.78, 5) is 16.3. The van der Waals surface area contributed by atoms with Crippen molar-refractivity contribution in [3.8, 4) is 5.75 Å². The molecule has 0 saturated carbocycles. The minimum Gasteiger partial charge on any atom is -0.494 e. The molecule has 10 heteroatoms. The van der Waals surface area contributed by atoms with Gasteiger partial charge in [-0.15, -0.1) is 12.4 Å². The molecular formula is C19H26ClN3O5S. The van der Waals surface area contributed by atoms with Gasteiger partial charge >= 0.3 is 0 Å². The number of hydrogen-bond acceptors (Lipinski definition) is 6. The summed E-state index contributed by atoms with van der Waals surface area (Å²) in [5.41, 5.74) is 2.20. The molecular weight excluding hydrogens is 418 g/mol. The van der Waals surface area contributed by atoms with E-state index in [9.17, 15) is 13.2 Å². The Labute approximate surface area is 177 Å². The van der Waals surface area contributed by atoms with Crippen LogP contribution in [0.4, 0.5) is 0 Å². The third kappa shape index (κ3) is 6.14. The second-order valence-electron chi connectivity index (χ2n) is 6.48. The molecule has 0 radical (unpaired) electrons. The average Bonchev–Trinajstić information content (AvgIpc) is 2.68. The number of sulfonamides is 1. The Morgan fingerprint density at radius 3 is 2.38 bits per heavy atom. The zero-order chi connectivity index (χ0) is 20.7. The van der Waals surface area contributed by atoms with Crippen molar-refractivity contribution >= 4 is 28.3 Å². The Kier molecular flexibility index (Phi) is 9.51. The number of amides is 1. The predicted molar refractivity (Wildman–Crippen MR) is 110 cm³/mol. The van der Waals surface area contributed by atoms with Gasteiger partial charge in [0.25, 0.3) is 5.91 Å². The number of ether oxygens (including phenoxy) is 1. The van der Waals surface area contributed by atoms with E-state index in [1.165, 1.54) is 18.3 Å². The fourth-order valence-electron chi connectivity index (χ4n) is 2.85. The molecule has 1 heterocycles. The zero-order valence-electron chi connectivity index (χ0n) is 16.5. The lowest BCUT2D eigenvalue weighted by molar-refractivity contribution is -0.134. The van der Waals surface area contributed by atoms with E-state index in [2.05, 4.69) is 4.98 Å². The number of hydrogen-bond donors (Lipinski definition) is 2. The molecule has 1 atom stereocenters. The highest BCUT2D eigenvalue weighted by Crippen LogP contribution is 2.26. The van der Waals surface area contributed by atoms with Crippen LogP contribution in [0, 0.1) is 5.92 Å². The Morgan fingerprint density at radius 2 is 1.90 bits per heavy atom. The lowest BCUT2D eigenvalue weighted by atomic mass is 10.0. The minimum absolute atomic E-state index is 0. The first-order valence-corrected chi connectivity index (χ1v) is 10.3. The van der Waals surface area contributed by atoms with E-state index in [1.54, 1.807) is 49.8 Å². The molecule has 1 aromatic heterocycles. The maximum Gasteiger partial charge on any atom is 0.262 e. The largest absolute Gasteiger partial charge is 0.494 e. The van der Waals surface area contributed by atoms with Crippen molar-refractivity contribution in [2.45, 2.75) is 38.3 Å². The molecule has 0 aliphatic rings. The van der Waals surface area contributed by atoms with E-state index in [0.29, 0.717) is 17.9 Å². The quantitative estimate of drug-likeness (QED) is 0.455. The van der Waals surface area contributed by atoms with Crippen LogP contribution >= 0.6 is 12.4 Å². The summed E-state index contributed by atoms with van der Waals surface area (Å²) in [6, 6.07) is 8.30. The fraction of sp³-hybridized carbons (Fsp3) is 0.368. The van der Waals surface area contributed by atoms with Crippen molar-refractivity contribution in [2.24, 2.45) is 5.92 Å². The number of benzene rings is 1. The molecule has 160 valence electrons. The summed E-state index contributed by atoms with van der Waals surface area (Å²) in [6.45, 7) is 5.65. The Morgan fingerprint density at radius 1 is 1.24 bits per heavy atom. The number of halogens is 1. The predicted octanol–water partition coefficient (Wildman–Crippen LogP) is 2.62. The standard InChI is InChI=1S/C19H25N3O5S.ClH/c1-4-27-16-7-9-17(10-8-16)28(25,26)22(13-15-6-5-11-20-12-15)18(14(2)3)19(23)21-24;/h5-12,14,18,24H,4,13H2,1-3H3,(H,21,23);1H. The molecule has 1 aromatic carbocycles. The number of rotatable bonds is 9. The maximum atomic E-state index is 13.4. The summed E-state index contributed by atoms with van der Waals surface area (Å²) >= 11 is 0. The molecule has 2 N–H and O–H groups in total. The van der Waals surface area contributed by atoms with Crippen molar-refractivity contribution < 1.29 is 23.2 Å². The summed E-state index contributed by atoms with van der Waals surface area (Å²) < 4.78 is 33.2. The van der Waals surface area contributed by atoms with Crippen molar-refractivity contribution in [3.05, 3.63) is 54.4 Å². The minimum atomic E-state index is -4.05. The highest BCUT2D eigenvalue weighted by Gasteiger charge is 2.38. The van der Waals surface area contributed by atoms with Crippen LogP contribution in [0.25, 0.3) is 0 Å². The first-order chi connectivity index (χ1) is 13.3. The maximum absolute atomic E-state index is 13.4. The van der Waals surface area contributed by atoms with Crippen LogP contribution in [0.5, 0.6) is 5.75 Å². The summed E-state index contributed by atoms with van der Waals surface area (Å²) in [5.74, 6) is -0.636. The number of pyridine rings is 1. The number of carbonyl (C=O) groups excluding carboxylic acids is 1. The van der Waals surface area contributed by atoms with Crippen LogP contribution in [0.2, 0.25) is 0 Å². The van der Waals surface area contributed by atoms with Crippen LogP contribution in [0.15, 0.2) is 53.7 Å². The van der Waals surface area contributed by atoms with Crippen LogP contribution in [-0.4, -0.2) is 41.5 Å². The van der Waals surface area contributed by atoms with Crippen LogP contribution in [0.3, 0.4) is 0 Å². The molecule has 0 fully saturated rings. The van der Waals surface area contributed by atoms with E-state index < -0.39 is 22.0 Å². The molecule has 2 aromatic rings. The SMILES string of the molecule is CCOc1ccc(S(=O)(=O)N(Cc2cccnc2)C(C(=O)NO)C(C)C)cc1.Cl. The van der Waals surface area contributed by atoms with Gasteiger partial charge in [-0.25, -0.2) is 13.9 Å². The Bertz CT molecular complexity index is 876. The van der Waals surface area contributed by atoms with Crippen molar-refractivity contribution in [2.75, 3.05) is 6.61 Å². The average molecular weight is 444 g/mol. The summed E-state index contributed by atoms with van der Waals surface area (Å²) in [5, 5.41) is 9.15. The van der Waals surface area contributed by atoms with Crippen LogP contribution in [0.1, 0.15) is 26.3 Å². The fourth-order valence-corrected chi connectivity index (χ4v) is 4.55. The molecule has 2 rings (SSSR count). The first-order valence-electron chi connectivity index (χ1n) is 8.88. The number of carbonyl (C=O) groups is 1. The van der Waals surface area contributed by atoms with E-state index in [1.807, 2.05) is 6.92 Å². The molecule has 0 aliphatic carbocycles. The van der Waals surface area contributed by atoms with Crippen molar-refractivity contribution in [1.82, 2.24) is 14.8 Å². The first kappa shape index (κ1) is 24.8. The number of hydroxylamine groups is 1. The number of aromatic nitrogens is 1. The van der Waals surface area contributed by atoms with Gasteiger partial charge in [0.2, 0.25) is 10.0 Å². The highest BCUT2D eigenvalue weighted by molar-refractivity contribution is 7.89. The zero-order valence-corrected chi connectivity index (χ0v) is 18.1. The molecule has 8 nitrogen and oxygen atoms in total. The molecule has 0 bridgehead atoms. The van der Waals surface area contributed by atoms with Gasteiger partial charge in [-0.1, -0.05) is 19.9 Å². The third-order valence-corrected chi connectivity index (χ3v) is 5.96. The monoisotopic (exact) mass is 443 g/mol. The summed E-state index contributed by atoms with van der Waals surface area (Å²) in [6.07, 6.45) is 3.12. The summed E-state index contributed by atoms with van der Waals surface area (Å²) in [7, 11) is -4.05. The van der Waals surface area contributed by atoms with E-state index >= 15 is 0 Å². The van der Waals surface area contributed by atoms with Gasteiger partial charge in [0.1, 0.15) is 11.8 Å². The molecule has 0 saturated heterocycles. The highest BCUT2D eigenvalue weighted by atomic mass is 35.5. The second-order valence-corrected chi connectivity index (χ2v) is 8.37. The lowest BCUT2D eigenvalue weighted by Crippen LogP contribution is -2.51. The van der Waals surface area contributed by atoms with E-state index in [-0.39, 0.29) is 29.8 Å². The lowest BCUT2D eigenvalue weighted by Gasteiger charge is -2.32. The van der Waals surface area contributed by atoms with Gasteiger partial charge < -0.3 is 4.74 Å². The molecule has 1 amide bonds. The van der Waals surface area contributed by atoms with Crippen molar-refractivity contribution in [3.63, 3.8) is 0 Å². The topological polar surface area (TPSA) is 109 Å². The van der Waals surface area contributed by atoms with Crippen molar-refractivity contribution in [1.29, 1.82) is 0 Å². The van der Waals surface area contributed by atoms with Crippen LogP contribution in [-0.2, 0) is 21.4 Å². The molecule has 1 unspecified atom stereocenters. The van der Waals surface area contributed by atoms with Crippen LogP contribution < -0.4 is 10.2 Å². The third-order valence-electron chi connectivity index (χ3n) is 4.12. The van der Waals surface area contributed by atoms with Gasteiger partial charge in [0, 0.05) is 18.9 Å². The van der Waals surface area contributed by atoms with Gasteiger partial charge in [-0.2, -0.15) is 4.31 Å². The van der Waals surface area contributed by atoms with E-state index in [0.717, 1.165) is 4.31 Å². The van der Waals surface area contributed by atoms with E-state index in [4.69, 9.17) is 9.94 Å². The smallest absolute Gasteiger partial charge is 0.262 e. The molecule has 0 aliphatic heterocycles. The van der Waals surface area contributed by atoms with Gasteiger partial charge in [-0.3, -0.25) is 15.0 Å². The Hall–Kier alpha value is -2.20. The normalized spacial score (nSPS) is 12.3. The van der Waals surface area contributed by atoms with Gasteiger partial charge in [0.15, 0.2) is 0 Å².